The van der Waals surface area contributed by atoms with Crippen molar-refractivity contribution in [2.45, 2.75) is 50.2 Å². The van der Waals surface area contributed by atoms with Crippen molar-refractivity contribution in [1.29, 1.82) is 0 Å². The Morgan fingerprint density at radius 2 is 1.96 bits per heavy atom. The third-order valence-corrected chi connectivity index (χ3v) is 5.17. The molecule has 2 saturated heterocycles. The van der Waals surface area contributed by atoms with Crippen molar-refractivity contribution in [3.63, 3.8) is 0 Å². The lowest BCUT2D eigenvalue weighted by atomic mass is 10.0. The molecule has 3 atom stereocenters. The normalized spacial score (nSPS) is 22.6. The van der Waals surface area contributed by atoms with Gasteiger partial charge in [-0.05, 0) is 37.0 Å². The Kier molecular flexibility index (Phi) is 5.81. The third kappa shape index (κ3) is 4.41. The molecule has 150 valence electrons. The SMILES string of the molecule is NC(=O)C1CCCN1C(=O)C(Cc1ccc(O)cc1)NC(=O)C1CCC(=O)N1. The number of phenolic OH excluding ortho intramolecular Hbond substituents is 1. The van der Waals surface area contributed by atoms with Crippen molar-refractivity contribution in [2.24, 2.45) is 5.73 Å². The summed E-state index contributed by atoms with van der Waals surface area (Å²) in [5.41, 5.74) is 6.15. The molecule has 2 aliphatic heterocycles. The lowest BCUT2D eigenvalue weighted by molar-refractivity contribution is -0.140. The summed E-state index contributed by atoms with van der Waals surface area (Å²) >= 11 is 0. The Hall–Kier alpha value is -3.10. The van der Waals surface area contributed by atoms with E-state index in [1.54, 1.807) is 12.1 Å². The zero-order chi connectivity index (χ0) is 20.3. The molecule has 28 heavy (non-hydrogen) atoms. The molecule has 0 aromatic heterocycles. The van der Waals surface area contributed by atoms with Gasteiger partial charge in [0.1, 0.15) is 23.9 Å². The number of rotatable bonds is 6. The third-order valence-electron chi connectivity index (χ3n) is 5.17. The van der Waals surface area contributed by atoms with Crippen LogP contribution in [0.3, 0.4) is 0 Å². The second kappa shape index (κ2) is 8.28. The molecule has 0 bridgehead atoms. The largest absolute Gasteiger partial charge is 0.508 e. The summed E-state index contributed by atoms with van der Waals surface area (Å²) in [6.07, 6.45) is 1.99. The molecule has 3 rings (SSSR count). The highest BCUT2D eigenvalue weighted by Crippen LogP contribution is 2.20. The molecule has 2 fully saturated rings. The molecular weight excluding hydrogens is 364 g/mol. The van der Waals surface area contributed by atoms with Gasteiger partial charge in [-0.1, -0.05) is 12.1 Å². The van der Waals surface area contributed by atoms with Crippen molar-refractivity contribution < 1.29 is 24.3 Å². The van der Waals surface area contributed by atoms with Crippen LogP contribution in [0.5, 0.6) is 5.75 Å². The molecule has 0 radical (unpaired) electrons. The lowest BCUT2D eigenvalue weighted by Crippen LogP contribution is -2.56. The average Bonchev–Trinajstić information content (AvgIpc) is 3.31. The number of aromatic hydroxyl groups is 1. The molecule has 9 nitrogen and oxygen atoms in total. The smallest absolute Gasteiger partial charge is 0.246 e. The Morgan fingerprint density at radius 1 is 1.25 bits per heavy atom. The van der Waals surface area contributed by atoms with E-state index in [4.69, 9.17) is 5.73 Å². The van der Waals surface area contributed by atoms with Gasteiger partial charge >= 0.3 is 0 Å². The van der Waals surface area contributed by atoms with E-state index in [2.05, 4.69) is 10.6 Å². The van der Waals surface area contributed by atoms with Crippen molar-refractivity contribution in [1.82, 2.24) is 15.5 Å². The summed E-state index contributed by atoms with van der Waals surface area (Å²) in [6.45, 7) is 0.397. The quantitative estimate of drug-likeness (QED) is 0.503. The average molecular weight is 388 g/mol. The van der Waals surface area contributed by atoms with Crippen LogP contribution in [0.25, 0.3) is 0 Å². The van der Waals surface area contributed by atoms with E-state index in [0.29, 0.717) is 25.8 Å². The Morgan fingerprint density at radius 3 is 2.57 bits per heavy atom. The predicted octanol–water partition coefficient (Wildman–Crippen LogP) is -0.826. The maximum absolute atomic E-state index is 13.1. The van der Waals surface area contributed by atoms with Gasteiger partial charge in [0.15, 0.2) is 0 Å². The van der Waals surface area contributed by atoms with Gasteiger partial charge in [-0.3, -0.25) is 19.2 Å². The standard InChI is InChI=1S/C19H24N4O5/c20-17(26)15-2-1-9-23(15)19(28)14(10-11-3-5-12(24)6-4-11)22-18(27)13-7-8-16(25)21-13/h3-6,13-15,24H,1-2,7-10H2,(H2,20,26)(H,21,25)(H,22,27). The molecule has 0 aliphatic carbocycles. The molecule has 4 amide bonds. The zero-order valence-corrected chi connectivity index (χ0v) is 15.4. The van der Waals surface area contributed by atoms with Gasteiger partial charge in [0.05, 0.1) is 0 Å². The second-order valence-corrected chi connectivity index (χ2v) is 7.18. The summed E-state index contributed by atoms with van der Waals surface area (Å²) in [7, 11) is 0. The van der Waals surface area contributed by atoms with E-state index in [9.17, 15) is 24.3 Å². The topological polar surface area (TPSA) is 142 Å². The Balaban J connectivity index is 1.77. The van der Waals surface area contributed by atoms with E-state index in [0.717, 1.165) is 5.56 Å². The maximum atomic E-state index is 13.1. The van der Waals surface area contributed by atoms with Crippen LogP contribution in [0.1, 0.15) is 31.2 Å². The van der Waals surface area contributed by atoms with Crippen molar-refractivity contribution >= 4 is 23.6 Å². The number of nitrogens with two attached hydrogens (primary N) is 1. The molecule has 2 aliphatic rings. The van der Waals surface area contributed by atoms with Crippen LogP contribution >= 0.6 is 0 Å². The number of primary amides is 1. The van der Waals surface area contributed by atoms with Gasteiger partial charge in [0.25, 0.3) is 0 Å². The minimum atomic E-state index is -0.908. The molecule has 0 saturated carbocycles. The van der Waals surface area contributed by atoms with Gasteiger partial charge < -0.3 is 26.4 Å². The van der Waals surface area contributed by atoms with Gasteiger partial charge in [-0.2, -0.15) is 0 Å². The summed E-state index contributed by atoms with van der Waals surface area (Å²) in [4.78, 5) is 50.1. The van der Waals surface area contributed by atoms with Crippen LogP contribution in [-0.4, -0.2) is 58.3 Å². The van der Waals surface area contributed by atoms with Gasteiger partial charge in [0, 0.05) is 19.4 Å². The molecule has 9 heteroatoms. The molecule has 3 unspecified atom stereocenters. The lowest BCUT2D eigenvalue weighted by Gasteiger charge is -2.28. The van der Waals surface area contributed by atoms with Gasteiger partial charge in [0.2, 0.25) is 23.6 Å². The highest BCUT2D eigenvalue weighted by Gasteiger charge is 2.38. The zero-order valence-electron chi connectivity index (χ0n) is 15.4. The monoisotopic (exact) mass is 388 g/mol. The molecule has 1 aromatic carbocycles. The minimum Gasteiger partial charge on any atom is -0.508 e. The summed E-state index contributed by atoms with van der Waals surface area (Å²) < 4.78 is 0. The van der Waals surface area contributed by atoms with Crippen molar-refractivity contribution in [2.75, 3.05) is 6.54 Å². The number of nitrogens with one attached hydrogen (secondary N) is 2. The number of carbonyl (C=O) groups is 4. The van der Waals surface area contributed by atoms with Crippen LogP contribution < -0.4 is 16.4 Å². The van der Waals surface area contributed by atoms with Gasteiger partial charge in [-0.25, -0.2) is 0 Å². The number of hydrogen-bond acceptors (Lipinski definition) is 5. The molecule has 5 N–H and O–H groups in total. The highest BCUT2D eigenvalue weighted by atomic mass is 16.3. The molecule has 1 aromatic rings. The Labute approximate surface area is 162 Å². The molecular formula is C19H24N4O5. The first-order valence-electron chi connectivity index (χ1n) is 9.32. The fraction of sp³-hybridized carbons (Fsp3) is 0.474. The number of phenols is 1. The molecule has 0 spiro atoms. The number of likely N-dealkylation sites (tertiary alicyclic amines) is 1. The van der Waals surface area contributed by atoms with Crippen LogP contribution in [0.2, 0.25) is 0 Å². The number of amides is 4. The van der Waals surface area contributed by atoms with E-state index < -0.39 is 29.9 Å². The Bertz CT molecular complexity index is 779. The summed E-state index contributed by atoms with van der Waals surface area (Å²) in [5, 5.41) is 14.7. The fourth-order valence-corrected chi connectivity index (χ4v) is 3.68. The molecule has 2 heterocycles. The summed E-state index contributed by atoms with van der Waals surface area (Å²) in [6, 6.07) is 4.06. The fourth-order valence-electron chi connectivity index (χ4n) is 3.68. The number of nitrogens with zero attached hydrogens (tertiary/aromatic N) is 1. The first-order chi connectivity index (χ1) is 13.3. The van der Waals surface area contributed by atoms with E-state index in [1.165, 1.54) is 17.0 Å². The first kappa shape index (κ1) is 19.7. The van der Waals surface area contributed by atoms with Crippen LogP contribution in [0.15, 0.2) is 24.3 Å². The maximum Gasteiger partial charge on any atom is 0.246 e. The predicted molar refractivity (Wildman–Crippen MR) is 98.8 cm³/mol. The van der Waals surface area contributed by atoms with Crippen LogP contribution in [-0.2, 0) is 25.6 Å². The number of benzene rings is 1. The van der Waals surface area contributed by atoms with E-state index in [1.807, 2.05) is 0 Å². The van der Waals surface area contributed by atoms with E-state index in [-0.39, 0.29) is 30.4 Å². The van der Waals surface area contributed by atoms with Crippen molar-refractivity contribution in [3.8, 4) is 5.75 Å². The van der Waals surface area contributed by atoms with Crippen LogP contribution in [0, 0.1) is 0 Å². The van der Waals surface area contributed by atoms with Crippen LogP contribution in [0.4, 0.5) is 0 Å². The number of carbonyl (C=O) groups excluding carboxylic acids is 4. The van der Waals surface area contributed by atoms with E-state index >= 15 is 0 Å². The van der Waals surface area contributed by atoms with Gasteiger partial charge in [-0.15, -0.1) is 0 Å². The minimum absolute atomic E-state index is 0.0951. The summed E-state index contributed by atoms with van der Waals surface area (Å²) in [5.74, 6) is -1.49. The van der Waals surface area contributed by atoms with Crippen molar-refractivity contribution in [3.05, 3.63) is 29.8 Å². The highest BCUT2D eigenvalue weighted by molar-refractivity contribution is 5.95. The number of hydrogen-bond donors (Lipinski definition) is 4. The second-order valence-electron chi connectivity index (χ2n) is 7.18. The first-order valence-corrected chi connectivity index (χ1v) is 9.32.